The fourth-order valence-electron chi connectivity index (χ4n) is 1.24. The lowest BCUT2D eigenvalue weighted by Gasteiger charge is -1.93. The van der Waals surface area contributed by atoms with Crippen molar-refractivity contribution in [3.8, 4) is 0 Å². The Morgan fingerprint density at radius 3 is 2.67 bits per heavy atom. The van der Waals surface area contributed by atoms with Gasteiger partial charge in [0.1, 0.15) is 0 Å². The Labute approximate surface area is 68.9 Å². The van der Waals surface area contributed by atoms with Crippen LogP contribution in [0, 0.1) is 0 Å². The third-order valence-electron chi connectivity index (χ3n) is 1.80. The van der Waals surface area contributed by atoms with Crippen molar-refractivity contribution in [3.63, 3.8) is 0 Å². The first-order valence-corrected chi connectivity index (χ1v) is 3.56. The van der Waals surface area contributed by atoms with E-state index in [-0.39, 0.29) is 0 Å². The summed E-state index contributed by atoms with van der Waals surface area (Å²) in [6.07, 6.45) is 0.288. The number of aromatic nitrogens is 1. The molecule has 0 aliphatic heterocycles. The normalized spacial score (nSPS) is 10.3. The summed E-state index contributed by atoms with van der Waals surface area (Å²) in [7, 11) is 0. The summed E-state index contributed by atoms with van der Waals surface area (Å²) in [4.78, 5) is 10.5. The van der Waals surface area contributed by atoms with Crippen LogP contribution in [0.2, 0.25) is 0 Å². The molecule has 0 atom stereocenters. The maximum Gasteiger partial charge on any atom is 0.461 e. The molecule has 59 valence electrons. The van der Waals surface area contributed by atoms with E-state index in [0.717, 1.165) is 9.95 Å². The number of benzene rings is 1. The number of hydrogen-bond acceptors (Lipinski definition) is 1. The van der Waals surface area contributed by atoms with E-state index in [0.29, 0.717) is 5.52 Å². The molecule has 1 aromatic carbocycles. The van der Waals surface area contributed by atoms with Gasteiger partial charge in [-0.15, -0.1) is 0 Å². The minimum Gasteiger partial charge on any atom is -0.250 e. The number of carbonyl (C=O) groups excluding carboxylic acids is 1. The number of nitrogens with zero attached hydrogens (tertiary/aromatic N) is 1. The lowest BCUT2D eigenvalue weighted by atomic mass is 10.2. The molecule has 0 saturated carbocycles. The Bertz CT molecular complexity index is 431. The third kappa shape index (κ3) is 0.871. The molecular formula is C9H6NO2. The van der Waals surface area contributed by atoms with Gasteiger partial charge in [0.25, 0.3) is 0 Å². The zero-order valence-electron chi connectivity index (χ0n) is 6.23. The molecule has 0 fully saturated rings. The van der Waals surface area contributed by atoms with Crippen LogP contribution in [0.5, 0.6) is 0 Å². The summed E-state index contributed by atoms with van der Waals surface area (Å²) >= 11 is 0. The van der Waals surface area contributed by atoms with Crippen LogP contribution in [-0.4, -0.2) is 10.7 Å². The lowest BCUT2D eigenvalue weighted by Crippen LogP contribution is -2.03. The maximum absolute atomic E-state index is 10.5. The molecule has 0 aliphatic carbocycles. The highest BCUT2D eigenvalue weighted by molar-refractivity contribution is 5.88. The van der Waals surface area contributed by atoms with Gasteiger partial charge in [0.2, 0.25) is 0 Å². The van der Waals surface area contributed by atoms with Crippen molar-refractivity contribution >= 4 is 17.0 Å². The van der Waals surface area contributed by atoms with Crippen molar-refractivity contribution in [1.82, 2.24) is 4.57 Å². The number of fused-ring (bicyclic) bond motifs is 1. The van der Waals surface area contributed by atoms with E-state index in [1.165, 1.54) is 6.20 Å². The lowest BCUT2D eigenvalue weighted by molar-refractivity contribution is 0.171. The quantitative estimate of drug-likeness (QED) is 0.581. The number of carbonyl (C=O) groups is 1. The van der Waals surface area contributed by atoms with Crippen LogP contribution in [-0.2, 0) is 5.11 Å². The van der Waals surface area contributed by atoms with Crippen molar-refractivity contribution < 1.29 is 9.90 Å². The molecule has 3 nitrogen and oxygen atoms in total. The van der Waals surface area contributed by atoms with E-state index in [1.54, 1.807) is 18.2 Å². The first-order valence-electron chi connectivity index (χ1n) is 3.56. The van der Waals surface area contributed by atoms with Gasteiger partial charge in [-0.1, -0.05) is 18.2 Å². The minimum atomic E-state index is -1.20. The van der Waals surface area contributed by atoms with Crippen molar-refractivity contribution in [2.75, 3.05) is 0 Å². The van der Waals surface area contributed by atoms with E-state index >= 15 is 0 Å². The number of para-hydroxylation sites is 1. The molecule has 0 spiro atoms. The van der Waals surface area contributed by atoms with Gasteiger partial charge in [-0.05, 0) is 12.1 Å². The molecule has 0 amide bonds. The van der Waals surface area contributed by atoms with Gasteiger partial charge in [0, 0.05) is 11.6 Å². The molecule has 2 rings (SSSR count). The second kappa shape index (κ2) is 2.37. The largest absolute Gasteiger partial charge is 0.461 e. The van der Waals surface area contributed by atoms with Crippen LogP contribution < -0.4 is 0 Å². The van der Waals surface area contributed by atoms with E-state index in [1.807, 2.05) is 12.1 Å². The Morgan fingerprint density at radius 1 is 1.17 bits per heavy atom. The van der Waals surface area contributed by atoms with E-state index in [9.17, 15) is 9.90 Å². The second-order valence-corrected chi connectivity index (χ2v) is 2.51. The molecule has 0 saturated heterocycles. The molecular weight excluding hydrogens is 154 g/mol. The first-order chi connectivity index (χ1) is 5.79. The van der Waals surface area contributed by atoms with Gasteiger partial charge in [-0.25, -0.2) is 14.5 Å². The van der Waals surface area contributed by atoms with Crippen molar-refractivity contribution in [1.29, 1.82) is 0 Å². The average Bonchev–Trinajstić information content (AvgIpc) is 2.47. The van der Waals surface area contributed by atoms with Gasteiger partial charge in [-0.2, -0.15) is 0 Å². The molecule has 0 bridgehead atoms. The predicted octanol–water partition coefficient (Wildman–Crippen LogP) is 2.04. The standard InChI is InChI=1S/C9H6NO2/c11-9(12)10-6-5-7-3-1-2-4-8(7)10/h1-6H. The fraction of sp³-hybridized carbons (Fsp3) is 0. The topological polar surface area (TPSA) is 41.9 Å². The van der Waals surface area contributed by atoms with E-state index in [4.69, 9.17) is 0 Å². The molecule has 0 N–H and O–H groups in total. The molecule has 1 aromatic heterocycles. The van der Waals surface area contributed by atoms with Gasteiger partial charge in [0.05, 0.1) is 5.52 Å². The minimum absolute atomic E-state index is 0.664. The molecule has 0 aliphatic rings. The van der Waals surface area contributed by atoms with Gasteiger partial charge < -0.3 is 0 Å². The Morgan fingerprint density at radius 2 is 1.92 bits per heavy atom. The molecule has 2 aromatic rings. The van der Waals surface area contributed by atoms with Crippen LogP contribution in [0.15, 0.2) is 36.5 Å². The third-order valence-corrected chi connectivity index (χ3v) is 1.80. The molecule has 12 heavy (non-hydrogen) atoms. The van der Waals surface area contributed by atoms with Crippen LogP contribution in [0.1, 0.15) is 0 Å². The van der Waals surface area contributed by atoms with Crippen molar-refractivity contribution in [3.05, 3.63) is 36.5 Å². The van der Waals surface area contributed by atoms with Crippen LogP contribution in [0.3, 0.4) is 0 Å². The van der Waals surface area contributed by atoms with Crippen LogP contribution in [0.25, 0.3) is 10.9 Å². The summed E-state index contributed by atoms with van der Waals surface area (Å²) in [5.41, 5.74) is 0.664. The smallest absolute Gasteiger partial charge is 0.250 e. The summed E-state index contributed by atoms with van der Waals surface area (Å²) in [5, 5.41) is 11.4. The second-order valence-electron chi connectivity index (χ2n) is 2.51. The first kappa shape index (κ1) is 6.91. The monoisotopic (exact) mass is 160 g/mol. The summed E-state index contributed by atoms with van der Waals surface area (Å²) in [6.45, 7) is 0. The summed E-state index contributed by atoms with van der Waals surface area (Å²) in [6, 6.07) is 8.99. The Kier molecular flexibility index (Phi) is 1.37. The van der Waals surface area contributed by atoms with Crippen LogP contribution >= 0.6 is 0 Å². The molecule has 1 heterocycles. The van der Waals surface area contributed by atoms with Gasteiger partial charge in [0.15, 0.2) is 0 Å². The molecule has 1 radical (unpaired) electrons. The molecule has 0 unspecified atom stereocenters. The zero-order chi connectivity index (χ0) is 8.55. The highest BCUT2D eigenvalue weighted by Gasteiger charge is 2.06. The highest BCUT2D eigenvalue weighted by atomic mass is 16.4. The number of rotatable bonds is 0. The van der Waals surface area contributed by atoms with E-state index in [2.05, 4.69) is 0 Å². The number of hydrogen-bond donors (Lipinski definition) is 0. The SMILES string of the molecule is [O]C(=O)n1ccc2ccccc21. The predicted molar refractivity (Wildman–Crippen MR) is 43.4 cm³/mol. The molecule has 3 heteroatoms. The zero-order valence-corrected chi connectivity index (χ0v) is 6.23. The summed E-state index contributed by atoms with van der Waals surface area (Å²) in [5.74, 6) is 0. The van der Waals surface area contributed by atoms with Gasteiger partial charge in [-0.3, -0.25) is 0 Å². The van der Waals surface area contributed by atoms with E-state index < -0.39 is 6.09 Å². The highest BCUT2D eigenvalue weighted by Crippen LogP contribution is 2.14. The Balaban J connectivity index is 2.79. The summed E-state index contributed by atoms with van der Waals surface area (Å²) < 4.78 is 1.09. The van der Waals surface area contributed by atoms with Crippen molar-refractivity contribution in [2.24, 2.45) is 0 Å². The van der Waals surface area contributed by atoms with Crippen LogP contribution in [0.4, 0.5) is 4.79 Å². The maximum atomic E-state index is 10.5. The average molecular weight is 160 g/mol. The van der Waals surface area contributed by atoms with Gasteiger partial charge >= 0.3 is 6.09 Å². The fourth-order valence-corrected chi connectivity index (χ4v) is 1.24. The van der Waals surface area contributed by atoms with Crippen molar-refractivity contribution in [2.45, 2.75) is 0 Å². The Hall–Kier alpha value is -1.77.